The molecule has 0 spiro atoms. The number of hydrazine groups is 1. The first kappa shape index (κ1) is 21.9. The molecule has 0 bridgehead atoms. The van der Waals surface area contributed by atoms with Crippen LogP contribution in [0.1, 0.15) is 10.4 Å². The SMILES string of the molecule is C=CCn1c(SCC(=O)NNC(=O)c2ccccc2Cl)nnc1-c1ccc(Cl)cc1. The standard InChI is InChI=1S/C20H17Cl2N5O2S/c1-2-11-27-18(13-7-9-14(21)10-8-13)24-26-20(27)30-12-17(28)23-25-19(29)15-5-3-4-6-16(15)22/h2-10H,1,11-12H2,(H,23,28)(H,25,29). The van der Waals surface area contributed by atoms with E-state index in [0.717, 1.165) is 5.56 Å². The second kappa shape index (κ2) is 10.3. The van der Waals surface area contributed by atoms with Crippen molar-refractivity contribution in [2.45, 2.75) is 11.7 Å². The van der Waals surface area contributed by atoms with Gasteiger partial charge < -0.3 is 0 Å². The van der Waals surface area contributed by atoms with Crippen LogP contribution >= 0.6 is 35.0 Å². The minimum Gasteiger partial charge on any atom is -0.298 e. The summed E-state index contributed by atoms with van der Waals surface area (Å²) in [7, 11) is 0. The molecule has 2 N–H and O–H groups in total. The van der Waals surface area contributed by atoms with Crippen molar-refractivity contribution < 1.29 is 9.59 Å². The van der Waals surface area contributed by atoms with Crippen molar-refractivity contribution >= 4 is 46.8 Å². The summed E-state index contributed by atoms with van der Waals surface area (Å²) in [6.07, 6.45) is 1.72. The summed E-state index contributed by atoms with van der Waals surface area (Å²) in [6.45, 7) is 4.23. The van der Waals surface area contributed by atoms with Gasteiger partial charge >= 0.3 is 0 Å². The van der Waals surface area contributed by atoms with Crippen LogP contribution in [0, 0.1) is 0 Å². The number of halogens is 2. The molecule has 0 saturated heterocycles. The van der Waals surface area contributed by atoms with Crippen molar-refractivity contribution in [3.63, 3.8) is 0 Å². The number of rotatable bonds is 7. The Bertz CT molecular complexity index is 1070. The maximum absolute atomic E-state index is 12.1. The van der Waals surface area contributed by atoms with Gasteiger partial charge in [0.15, 0.2) is 11.0 Å². The van der Waals surface area contributed by atoms with Crippen molar-refractivity contribution in [2.75, 3.05) is 5.75 Å². The van der Waals surface area contributed by atoms with Gasteiger partial charge in [0.1, 0.15) is 0 Å². The van der Waals surface area contributed by atoms with E-state index in [1.165, 1.54) is 11.8 Å². The highest BCUT2D eigenvalue weighted by atomic mass is 35.5. The Morgan fingerprint density at radius 1 is 1.07 bits per heavy atom. The molecular formula is C20H17Cl2N5O2S. The van der Waals surface area contributed by atoms with Crippen LogP contribution in [-0.2, 0) is 11.3 Å². The maximum atomic E-state index is 12.1. The number of allylic oxidation sites excluding steroid dienone is 1. The van der Waals surface area contributed by atoms with Crippen LogP contribution in [0.5, 0.6) is 0 Å². The third-order valence-corrected chi connectivity index (χ3v) is 5.45. The number of nitrogens with zero attached hydrogens (tertiary/aromatic N) is 3. The van der Waals surface area contributed by atoms with Crippen LogP contribution in [0.4, 0.5) is 0 Å². The van der Waals surface area contributed by atoms with E-state index in [-0.39, 0.29) is 11.3 Å². The van der Waals surface area contributed by atoms with E-state index in [1.807, 2.05) is 16.7 Å². The molecule has 0 aliphatic heterocycles. The third kappa shape index (κ3) is 5.41. The number of aromatic nitrogens is 3. The molecular weight excluding hydrogens is 445 g/mol. The Labute approximate surface area is 187 Å². The fourth-order valence-electron chi connectivity index (χ4n) is 2.51. The number of amides is 2. The van der Waals surface area contributed by atoms with Gasteiger partial charge in [-0.3, -0.25) is 25.0 Å². The van der Waals surface area contributed by atoms with Crippen LogP contribution in [0.15, 0.2) is 66.3 Å². The van der Waals surface area contributed by atoms with E-state index in [0.29, 0.717) is 27.6 Å². The predicted molar refractivity (Wildman–Crippen MR) is 118 cm³/mol. The maximum Gasteiger partial charge on any atom is 0.271 e. The molecule has 0 unspecified atom stereocenters. The van der Waals surface area contributed by atoms with E-state index >= 15 is 0 Å². The number of hydrogen-bond donors (Lipinski definition) is 2. The molecule has 7 nitrogen and oxygen atoms in total. The van der Waals surface area contributed by atoms with E-state index in [4.69, 9.17) is 23.2 Å². The zero-order valence-corrected chi connectivity index (χ0v) is 18.0. The second-order valence-corrected chi connectivity index (χ2v) is 7.77. The first-order valence-corrected chi connectivity index (χ1v) is 10.5. The highest BCUT2D eigenvalue weighted by Gasteiger charge is 2.16. The van der Waals surface area contributed by atoms with Gasteiger partial charge in [0, 0.05) is 17.1 Å². The Hall–Kier alpha value is -2.81. The highest BCUT2D eigenvalue weighted by molar-refractivity contribution is 7.99. The summed E-state index contributed by atoms with van der Waals surface area (Å²) in [5.74, 6) is -0.236. The van der Waals surface area contributed by atoms with Crippen molar-refractivity contribution in [3.8, 4) is 11.4 Å². The molecule has 3 rings (SSSR count). The van der Waals surface area contributed by atoms with Gasteiger partial charge in [0.05, 0.1) is 16.3 Å². The van der Waals surface area contributed by atoms with Crippen LogP contribution in [0.3, 0.4) is 0 Å². The lowest BCUT2D eigenvalue weighted by Crippen LogP contribution is -2.42. The molecule has 1 heterocycles. The van der Waals surface area contributed by atoms with Crippen LogP contribution in [0.2, 0.25) is 10.0 Å². The summed E-state index contributed by atoms with van der Waals surface area (Å²) in [4.78, 5) is 24.3. The van der Waals surface area contributed by atoms with Gasteiger partial charge in [-0.1, -0.05) is 53.2 Å². The topological polar surface area (TPSA) is 88.9 Å². The number of hydrogen-bond acceptors (Lipinski definition) is 5. The lowest BCUT2D eigenvalue weighted by molar-refractivity contribution is -0.119. The van der Waals surface area contributed by atoms with Crippen molar-refractivity contribution in [3.05, 3.63) is 76.8 Å². The Morgan fingerprint density at radius 3 is 2.50 bits per heavy atom. The molecule has 3 aromatic rings. The number of thioether (sulfide) groups is 1. The highest BCUT2D eigenvalue weighted by Crippen LogP contribution is 2.25. The molecule has 0 saturated carbocycles. The van der Waals surface area contributed by atoms with Gasteiger partial charge in [0.2, 0.25) is 5.91 Å². The molecule has 0 fully saturated rings. The largest absolute Gasteiger partial charge is 0.298 e. The van der Waals surface area contributed by atoms with Crippen molar-refractivity contribution in [1.82, 2.24) is 25.6 Å². The molecule has 154 valence electrons. The first-order valence-electron chi connectivity index (χ1n) is 8.76. The fourth-order valence-corrected chi connectivity index (χ4v) is 3.60. The lowest BCUT2D eigenvalue weighted by Gasteiger charge is -2.09. The molecule has 10 heteroatoms. The van der Waals surface area contributed by atoms with Crippen LogP contribution in [0.25, 0.3) is 11.4 Å². The van der Waals surface area contributed by atoms with Gasteiger partial charge in [-0.25, -0.2) is 0 Å². The first-order chi connectivity index (χ1) is 14.5. The molecule has 0 aliphatic rings. The summed E-state index contributed by atoms with van der Waals surface area (Å²) in [6, 6.07) is 13.8. The van der Waals surface area contributed by atoms with Gasteiger partial charge in [-0.05, 0) is 36.4 Å². The summed E-state index contributed by atoms with van der Waals surface area (Å²) in [5, 5.41) is 9.86. The Kier molecular flexibility index (Phi) is 7.51. The minimum absolute atomic E-state index is 0.0265. The van der Waals surface area contributed by atoms with E-state index < -0.39 is 11.8 Å². The normalized spacial score (nSPS) is 10.5. The summed E-state index contributed by atoms with van der Waals surface area (Å²) >= 11 is 13.1. The Balaban J connectivity index is 1.61. The van der Waals surface area contributed by atoms with Crippen molar-refractivity contribution in [2.24, 2.45) is 0 Å². The molecule has 0 aliphatic carbocycles. The fraction of sp³-hybridized carbons (Fsp3) is 0.100. The Morgan fingerprint density at radius 2 is 1.80 bits per heavy atom. The molecule has 2 aromatic carbocycles. The molecule has 30 heavy (non-hydrogen) atoms. The van der Waals surface area contributed by atoms with E-state index in [9.17, 15) is 9.59 Å². The lowest BCUT2D eigenvalue weighted by atomic mass is 10.2. The molecule has 0 atom stereocenters. The number of nitrogens with one attached hydrogen (secondary N) is 2. The molecule has 1 aromatic heterocycles. The summed E-state index contributed by atoms with van der Waals surface area (Å²) in [5.41, 5.74) is 5.82. The monoisotopic (exact) mass is 461 g/mol. The number of carbonyl (C=O) groups is 2. The van der Waals surface area contributed by atoms with E-state index in [2.05, 4.69) is 27.6 Å². The number of carbonyl (C=O) groups excluding carboxylic acids is 2. The van der Waals surface area contributed by atoms with E-state index in [1.54, 1.807) is 42.5 Å². The van der Waals surface area contributed by atoms with Crippen molar-refractivity contribution in [1.29, 1.82) is 0 Å². The summed E-state index contributed by atoms with van der Waals surface area (Å²) < 4.78 is 1.84. The third-order valence-electron chi connectivity index (χ3n) is 3.90. The van der Waals surface area contributed by atoms with Gasteiger partial charge in [-0.2, -0.15) is 0 Å². The minimum atomic E-state index is -0.501. The molecule has 2 amide bonds. The second-order valence-electron chi connectivity index (χ2n) is 5.98. The molecule has 0 radical (unpaired) electrons. The average molecular weight is 462 g/mol. The van der Waals surface area contributed by atoms with Crippen LogP contribution < -0.4 is 10.9 Å². The average Bonchev–Trinajstić information content (AvgIpc) is 3.14. The zero-order chi connectivity index (χ0) is 21.5. The smallest absolute Gasteiger partial charge is 0.271 e. The number of benzene rings is 2. The van der Waals surface area contributed by atoms with Crippen LogP contribution in [-0.4, -0.2) is 32.3 Å². The van der Waals surface area contributed by atoms with Gasteiger partial charge in [-0.15, -0.1) is 16.8 Å². The predicted octanol–water partition coefficient (Wildman–Crippen LogP) is 3.99. The zero-order valence-electron chi connectivity index (χ0n) is 15.6. The quantitative estimate of drug-likeness (QED) is 0.315. The van der Waals surface area contributed by atoms with Gasteiger partial charge in [0.25, 0.3) is 5.91 Å².